The van der Waals surface area contributed by atoms with Crippen LogP contribution in [0.15, 0.2) is 45.9 Å². The Bertz CT molecular complexity index is 1170. The summed E-state index contributed by atoms with van der Waals surface area (Å²) in [6.45, 7) is 1.38. The summed E-state index contributed by atoms with van der Waals surface area (Å²) in [7, 11) is -3.86. The van der Waals surface area contributed by atoms with Crippen LogP contribution in [0.5, 0.6) is 0 Å². The Balaban J connectivity index is 2.14. The molecular formula is C17H13Br2ClN4O3S2. The van der Waals surface area contributed by atoms with E-state index in [-0.39, 0.29) is 21.6 Å². The molecule has 0 atom stereocenters. The molecule has 2 N–H and O–H groups in total. The molecule has 2 heterocycles. The van der Waals surface area contributed by atoms with E-state index in [0.29, 0.717) is 31.2 Å². The molecule has 29 heavy (non-hydrogen) atoms. The third-order valence-electron chi connectivity index (χ3n) is 3.58. The number of hydrogen-bond donors (Lipinski definition) is 2. The second-order valence-electron chi connectivity index (χ2n) is 5.69. The molecule has 0 aliphatic rings. The number of hydrogen-bond acceptors (Lipinski definition) is 6. The number of carbonyl (C=O) groups is 1. The number of anilines is 2. The van der Waals surface area contributed by atoms with Crippen LogP contribution in [0.25, 0.3) is 10.4 Å². The standard InChI is InChI=1S/C17H13Br2ClN4O3S2/c1-9(25)21-17-22-12(8-18)15(28-17)14-11(7-13(20)23-16(14)19)24-29(26,27)10-5-3-2-4-6-10/h2-7H,8H2,1H3,(H,23,24)(H,21,22,25). The predicted molar refractivity (Wildman–Crippen MR) is 122 cm³/mol. The normalized spacial score (nSPS) is 11.3. The van der Waals surface area contributed by atoms with Gasteiger partial charge in [0.25, 0.3) is 10.0 Å². The van der Waals surface area contributed by atoms with Crippen LogP contribution in [0.4, 0.5) is 10.8 Å². The summed E-state index contributed by atoms with van der Waals surface area (Å²) >= 11 is 14.0. The summed E-state index contributed by atoms with van der Waals surface area (Å²) in [5.74, 6) is -0.260. The first-order chi connectivity index (χ1) is 13.7. The fourth-order valence-electron chi connectivity index (χ4n) is 2.43. The van der Waals surface area contributed by atoms with Gasteiger partial charge in [0.15, 0.2) is 5.13 Å². The molecule has 0 unspecified atom stereocenters. The van der Waals surface area contributed by atoms with E-state index in [0.717, 1.165) is 0 Å². The summed E-state index contributed by atoms with van der Waals surface area (Å²) in [4.78, 5) is 20.7. The largest absolute Gasteiger partial charge is 0.302 e. The van der Waals surface area contributed by atoms with Gasteiger partial charge < -0.3 is 5.32 Å². The number of nitrogens with one attached hydrogen (secondary N) is 2. The highest BCUT2D eigenvalue weighted by molar-refractivity contribution is 9.10. The van der Waals surface area contributed by atoms with Crippen molar-refractivity contribution in [2.24, 2.45) is 0 Å². The lowest BCUT2D eigenvalue weighted by Crippen LogP contribution is -2.14. The fraction of sp³-hybridized carbons (Fsp3) is 0.118. The molecule has 2 aromatic heterocycles. The van der Waals surface area contributed by atoms with Crippen LogP contribution >= 0.6 is 54.8 Å². The number of amides is 1. The monoisotopic (exact) mass is 578 g/mol. The number of rotatable bonds is 6. The van der Waals surface area contributed by atoms with Gasteiger partial charge in [0, 0.05) is 18.3 Å². The minimum absolute atomic E-state index is 0.110. The number of thiazole rings is 1. The number of aromatic nitrogens is 2. The van der Waals surface area contributed by atoms with E-state index in [1.165, 1.54) is 36.5 Å². The average Bonchev–Trinajstić information content (AvgIpc) is 3.03. The van der Waals surface area contributed by atoms with Gasteiger partial charge in [-0.25, -0.2) is 18.4 Å². The van der Waals surface area contributed by atoms with Crippen LogP contribution in [-0.4, -0.2) is 24.3 Å². The van der Waals surface area contributed by atoms with Crippen LogP contribution in [-0.2, 0) is 20.1 Å². The summed E-state index contributed by atoms with van der Waals surface area (Å²) < 4.78 is 28.6. The van der Waals surface area contributed by atoms with Crippen LogP contribution < -0.4 is 10.0 Å². The van der Waals surface area contributed by atoms with Gasteiger partial charge in [0.1, 0.15) is 9.76 Å². The summed E-state index contributed by atoms with van der Waals surface area (Å²) in [6.07, 6.45) is 0. The molecule has 3 rings (SSSR count). The molecule has 0 aliphatic heterocycles. The van der Waals surface area contributed by atoms with E-state index < -0.39 is 10.0 Å². The molecule has 0 bridgehead atoms. The average molecular weight is 581 g/mol. The SMILES string of the molecule is CC(=O)Nc1nc(CBr)c(-c2c(NS(=O)(=O)c3ccccc3)cc(Cl)nc2Br)s1. The molecule has 0 spiro atoms. The van der Waals surface area contributed by atoms with Crippen LogP contribution in [0, 0.1) is 0 Å². The van der Waals surface area contributed by atoms with Gasteiger partial charge in [-0.2, -0.15) is 0 Å². The van der Waals surface area contributed by atoms with Crippen molar-refractivity contribution in [3.8, 4) is 10.4 Å². The quantitative estimate of drug-likeness (QED) is 0.305. The van der Waals surface area contributed by atoms with E-state index >= 15 is 0 Å². The van der Waals surface area contributed by atoms with E-state index in [1.807, 2.05) is 0 Å². The van der Waals surface area contributed by atoms with E-state index in [1.54, 1.807) is 18.2 Å². The van der Waals surface area contributed by atoms with Crippen molar-refractivity contribution in [3.63, 3.8) is 0 Å². The summed E-state index contributed by atoms with van der Waals surface area (Å²) in [6, 6.07) is 9.41. The van der Waals surface area contributed by atoms with E-state index in [9.17, 15) is 13.2 Å². The Kier molecular flexibility index (Phi) is 6.94. The Morgan fingerprint density at radius 1 is 1.24 bits per heavy atom. The van der Waals surface area contributed by atoms with Gasteiger partial charge in [-0.3, -0.25) is 9.52 Å². The van der Waals surface area contributed by atoms with Crippen molar-refractivity contribution in [1.82, 2.24) is 9.97 Å². The third kappa shape index (κ3) is 5.15. The van der Waals surface area contributed by atoms with Crippen molar-refractivity contribution >= 4 is 81.5 Å². The maximum absolute atomic E-state index is 12.8. The number of halogens is 3. The van der Waals surface area contributed by atoms with E-state index in [2.05, 4.69) is 51.9 Å². The first-order valence-electron chi connectivity index (χ1n) is 7.99. The van der Waals surface area contributed by atoms with Gasteiger partial charge in [-0.1, -0.05) is 57.1 Å². The van der Waals surface area contributed by atoms with Crippen molar-refractivity contribution in [2.45, 2.75) is 17.1 Å². The van der Waals surface area contributed by atoms with Gasteiger partial charge in [-0.05, 0) is 28.1 Å². The molecule has 1 amide bonds. The van der Waals surface area contributed by atoms with Gasteiger partial charge in [0.05, 0.1) is 26.7 Å². The molecule has 1 aromatic carbocycles. The Morgan fingerprint density at radius 2 is 1.93 bits per heavy atom. The smallest absolute Gasteiger partial charge is 0.261 e. The van der Waals surface area contributed by atoms with Crippen molar-refractivity contribution in [2.75, 3.05) is 10.0 Å². The number of sulfonamides is 1. The molecule has 0 saturated carbocycles. The lowest BCUT2D eigenvalue weighted by molar-refractivity contribution is -0.114. The molecule has 12 heteroatoms. The molecule has 0 radical (unpaired) electrons. The highest BCUT2D eigenvalue weighted by Gasteiger charge is 2.23. The molecule has 0 aliphatic carbocycles. The van der Waals surface area contributed by atoms with Crippen molar-refractivity contribution < 1.29 is 13.2 Å². The lowest BCUT2D eigenvalue weighted by atomic mass is 10.2. The van der Waals surface area contributed by atoms with Crippen LogP contribution in [0.2, 0.25) is 5.15 Å². The Hall–Kier alpha value is -1.53. The maximum Gasteiger partial charge on any atom is 0.261 e. The van der Waals surface area contributed by atoms with Crippen LogP contribution in [0.3, 0.4) is 0 Å². The Labute approximate surface area is 193 Å². The van der Waals surface area contributed by atoms with Gasteiger partial charge >= 0.3 is 0 Å². The summed E-state index contributed by atoms with van der Waals surface area (Å²) in [5.41, 5.74) is 1.32. The van der Waals surface area contributed by atoms with E-state index in [4.69, 9.17) is 11.6 Å². The van der Waals surface area contributed by atoms with Crippen LogP contribution in [0.1, 0.15) is 12.6 Å². The molecular weight excluding hydrogens is 568 g/mol. The number of pyridine rings is 1. The number of nitrogens with zero attached hydrogens (tertiary/aromatic N) is 2. The molecule has 152 valence electrons. The fourth-order valence-corrected chi connectivity index (χ4v) is 6.22. The molecule has 7 nitrogen and oxygen atoms in total. The highest BCUT2D eigenvalue weighted by Crippen LogP contribution is 2.43. The number of benzene rings is 1. The zero-order valence-electron chi connectivity index (χ0n) is 14.7. The molecule has 0 fully saturated rings. The van der Waals surface area contributed by atoms with Gasteiger partial charge in [-0.15, -0.1) is 0 Å². The maximum atomic E-state index is 12.8. The van der Waals surface area contributed by atoms with Crippen molar-refractivity contribution in [1.29, 1.82) is 0 Å². The lowest BCUT2D eigenvalue weighted by Gasteiger charge is -2.14. The minimum atomic E-state index is -3.86. The highest BCUT2D eigenvalue weighted by atomic mass is 79.9. The topological polar surface area (TPSA) is 101 Å². The zero-order chi connectivity index (χ0) is 21.2. The Morgan fingerprint density at radius 3 is 2.55 bits per heavy atom. The first kappa shape index (κ1) is 22.2. The second-order valence-corrected chi connectivity index (χ2v) is 10.1. The minimum Gasteiger partial charge on any atom is -0.302 e. The first-order valence-corrected chi connectivity index (χ1v) is 12.6. The molecule has 0 saturated heterocycles. The summed E-state index contributed by atoms with van der Waals surface area (Å²) in [5, 5.41) is 3.53. The second kappa shape index (κ2) is 9.09. The van der Waals surface area contributed by atoms with Gasteiger partial charge in [0.2, 0.25) is 5.91 Å². The number of alkyl halides is 1. The molecule has 3 aromatic rings. The van der Waals surface area contributed by atoms with Crippen molar-refractivity contribution in [3.05, 3.63) is 51.8 Å². The predicted octanol–water partition coefficient (Wildman–Crippen LogP) is 5.28. The zero-order valence-corrected chi connectivity index (χ0v) is 20.3. The number of carbonyl (C=O) groups excluding carboxylic acids is 1. The third-order valence-corrected chi connectivity index (χ3v) is 7.29.